The summed E-state index contributed by atoms with van der Waals surface area (Å²) in [6, 6.07) is 68.7. The molecule has 0 saturated heterocycles. The van der Waals surface area contributed by atoms with E-state index in [2.05, 4.69) is 204 Å². The number of rotatable bonds is 8. The highest BCUT2D eigenvalue weighted by Gasteiger charge is 2.26. The van der Waals surface area contributed by atoms with Crippen molar-refractivity contribution in [2.24, 2.45) is 0 Å². The molecule has 0 spiro atoms. The predicted molar refractivity (Wildman–Crippen MR) is 187 cm³/mol. The third-order valence-corrected chi connectivity index (χ3v) is 7.83. The van der Waals surface area contributed by atoms with Gasteiger partial charge in [0.15, 0.2) is 0 Å². The third-order valence-electron chi connectivity index (χ3n) is 7.83. The lowest BCUT2D eigenvalue weighted by atomic mass is 9.89. The fourth-order valence-electron chi connectivity index (χ4n) is 5.91. The summed E-state index contributed by atoms with van der Waals surface area (Å²) in [5.74, 6) is 0. The molecule has 0 aliphatic heterocycles. The average Bonchev–Trinajstić information content (AvgIpc) is 3.11. The summed E-state index contributed by atoms with van der Waals surface area (Å²) >= 11 is 0. The van der Waals surface area contributed by atoms with Crippen LogP contribution in [0.25, 0.3) is 22.3 Å². The van der Waals surface area contributed by atoms with E-state index in [9.17, 15) is 0 Å². The van der Waals surface area contributed by atoms with Gasteiger partial charge in [0.2, 0.25) is 0 Å². The first-order chi connectivity index (χ1) is 21.9. The molecule has 0 saturated carbocycles. The summed E-state index contributed by atoms with van der Waals surface area (Å²) in [6.07, 6.45) is 0. The lowest BCUT2D eigenvalue weighted by Crippen LogP contribution is -2.15. The number of hydrogen-bond acceptors (Lipinski definition) is 2. The van der Waals surface area contributed by atoms with Crippen LogP contribution in [-0.4, -0.2) is 0 Å². The van der Waals surface area contributed by atoms with Gasteiger partial charge in [-0.05, 0) is 71.8 Å². The van der Waals surface area contributed by atoms with E-state index >= 15 is 0 Å². The van der Waals surface area contributed by atoms with Gasteiger partial charge < -0.3 is 9.80 Å². The molecule has 0 amide bonds. The summed E-state index contributed by atoms with van der Waals surface area (Å²) in [4.78, 5) is 4.74. The summed E-state index contributed by atoms with van der Waals surface area (Å²) in [7, 11) is 0. The first kappa shape index (κ1) is 27.0. The van der Waals surface area contributed by atoms with Crippen LogP contribution in [0.15, 0.2) is 194 Å². The van der Waals surface area contributed by atoms with Crippen molar-refractivity contribution in [1.29, 1.82) is 0 Å². The zero-order chi connectivity index (χ0) is 29.6. The Kier molecular flexibility index (Phi) is 7.71. The molecular weight excluding hydrogens is 532 g/mol. The summed E-state index contributed by atoms with van der Waals surface area (Å²) < 4.78 is 0. The highest BCUT2D eigenvalue weighted by atomic mass is 15.2. The second-order valence-corrected chi connectivity index (χ2v) is 10.6. The van der Waals surface area contributed by atoms with Gasteiger partial charge >= 0.3 is 0 Å². The Hall–Kier alpha value is -5.86. The van der Waals surface area contributed by atoms with Crippen molar-refractivity contribution < 1.29 is 0 Å². The van der Waals surface area contributed by atoms with Crippen molar-refractivity contribution in [3.8, 4) is 22.3 Å². The van der Waals surface area contributed by atoms with Crippen LogP contribution in [0.3, 0.4) is 0 Å². The maximum absolute atomic E-state index is 2.37. The van der Waals surface area contributed by atoms with Crippen LogP contribution in [0.5, 0.6) is 0 Å². The van der Waals surface area contributed by atoms with Gasteiger partial charge in [0.1, 0.15) is 0 Å². The molecule has 0 bridgehead atoms. The maximum Gasteiger partial charge on any atom is 0.0547 e. The molecular formula is C42H32N2. The highest BCUT2D eigenvalue weighted by Crippen LogP contribution is 2.51. The van der Waals surface area contributed by atoms with Crippen molar-refractivity contribution in [1.82, 2.24) is 0 Å². The van der Waals surface area contributed by atoms with Crippen molar-refractivity contribution in [3.63, 3.8) is 0 Å². The molecule has 210 valence electrons. The Balaban J connectivity index is 1.60. The quantitative estimate of drug-likeness (QED) is 0.181. The molecule has 7 aromatic carbocycles. The Morgan fingerprint density at radius 3 is 0.705 bits per heavy atom. The molecule has 7 aromatic rings. The topological polar surface area (TPSA) is 6.48 Å². The molecule has 0 N–H and O–H groups in total. The van der Waals surface area contributed by atoms with Crippen molar-refractivity contribution in [2.75, 3.05) is 9.80 Å². The summed E-state index contributed by atoms with van der Waals surface area (Å²) in [6.45, 7) is 0. The molecule has 0 unspecified atom stereocenters. The highest BCUT2D eigenvalue weighted by molar-refractivity contribution is 6.04. The average molecular weight is 565 g/mol. The van der Waals surface area contributed by atoms with E-state index in [0.717, 1.165) is 45.3 Å². The molecule has 0 atom stereocenters. The largest absolute Gasteiger partial charge is 0.310 e. The number of hydrogen-bond donors (Lipinski definition) is 0. The molecule has 0 fully saturated rings. The fraction of sp³-hybridized carbons (Fsp3) is 0. The van der Waals surface area contributed by atoms with E-state index in [1.165, 1.54) is 11.1 Å². The van der Waals surface area contributed by atoms with Crippen LogP contribution in [0.1, 0.15) is 0 Å². The zero-order valence-electron chi connectivity index (χ0n) is 24.4. The van der Waals surface area contributed by atoms with Gasteiger partial charge in [0, 0.05) is 33.9 Å². The van der Waals surface area contributed by atoms with Gasteiger partial charge in [-0.2, -0.15) is 0 Å². The molecule has 0 heterocycles. The van der Waals surface area contributed by atoms with Crippen LogP contribution in [0.2, 0.25) is 0 Å². The maximum atomic E-state index is 2.37. The zero-order valence-corrected chi connectivity index (χ0v) is 24.4. The Morgan fingerprint density at radius 2 is 0.455 bits per heavy atom. The number of para-hydroxylation sites is 4. The van der Waals surface area contributed by atoms with E-state index in [-0.39, 0.29) is 0 Å². The van der Waals surface area contributed by atoms with Crippen LogP contribution < -0.4 is 9.80 Å². The molecule has 2 nitrogen and oxygen atoms in total. The van der Waals surface area contributed by atoms with Gasteiger partial charge in [-0.25, -0.2) is 0 Å². The minimum atomic E-state index is 1.10. The molecule has 7 rings (SSSR count). The second kappa shape index (κ2) is 12.6. The monoisotopic (exact) mass is 564 g/mol. The third kappa shape index (κ3) is 5.37. The fourth-order valence-corrected chi connectivity index (χ4v) is 5.91. The number of anilines is 6. The van der Waals surface area contributed by atoms with Gasteiger partial charge in [-0.15, -0.1) is 0 Å². The summed E-state index contributed by atoms with van der Waals surface area (Å²) in [5, 5.41) is 0. The van der Waals surface area contributed by atoms with Crippen LogP contribution in [0, 0.1) is 0 Å². The molecule has 0 aromatic heterocycles. The van der Waals surface area contributed by atoms with Crippen LogP contribution in [-0.2, 0) is 0 Å². The van der Waals surface area contributed by atoms with Crippen LogP contribution in [0.4, 0.5) is 34.1 Å². The molecule has 44 heavy (non-hydrogen) atoms. The Morgan fingerprint density at radius 1 is 0.227 bits per heavy atom. The van der Waals surface area contributed by atoms with Gasteiger partial charge in [-0.1, -0.05) is 133 Å². The SMILES string of the molecule is c1ccc(-c2c(N(c3ccccc3)c3ccccc3)ccc(N(c3ccccc3)c3ccccc3)c2-c2ccccc2)cc1. The predicted octanol–water partition coefficient (Wildman–Crippen LogP) is 12.0. The molecule has 2 heteroatoms. The van der Waals surface area contributed by atoms with E-state index in [0.29, 0.717) is 0 Å². The lowest BCUT2D eigenvalue weighted by Gasteiger charge is -2.33. The number of benzene rings is 7. The van der Waals surface area contributed by atoms with Crippen molar-refractivity contribution in [2.45, 2.75) is 0 Å². The van der Waals surface area contributed by atoms with Gasteiger partial charge in [0.05, 0.1) is 11.4 Å². The normalized spacial score (nSPS) is 10.7. The van der Waals surface area contributed by atoms with E-state index in [1.54, 1.807) is 0 Å². The lowest BCUT2D eigenvalue weighted by molar-refractivity contribution is 1.26. The van der Waals surface area contributed by atoms with E-state index in [4.69, 9.17) is 0 Å². The first-order valence-corrected chi connectivity index (χ1v) is 15.0. The standard InChI is InChI=1S/C42H32N2/c1-7-19-33(20-8-1)41-39(43(35-23-11-3-12-24-35)36-25-13-4-14-26-36)31-32-40(42(41)34-21-9-2-10-22-34)44(37-27-15-5-16-28-37)38-29-17-6-18-30-38/h1-32H. The van der Waals surface area contributed by atoms with Crippen molar-refractivity contribution >= 4 is 34.1 Å². The smallest absolute Gasteiger partial charge is 0.0547 e. The first-order valence-electron chi connectivity index (χ1n) is 15.0. The Labute approximate surface area is 259 Å². The van der Waals surface area contributed by atoms with E-state index in [1.807, 2.05) is 0 Å². The molecule has 0 aliphatic rings. The number of nitrogens with zero attached hydrogens (tertiary/aromatic N) is 2. The molecule has 0 radical (unpaired) electrons. The Bertz CT molecular complexity index is 1700. The van der Waals surface area contributed by atoms with Gasteiger partial charge in [0.25, 0.3) is 0 Å². The minimum absolute atomic E-state index is 1.10. The molecule has 0 aliphatic carbocycles. The summed E-state index contributed by atoms with van der Waals surface area (Å²) in [5.41, 5.74) is 11.3. The van der Waals surface area contributed by atoms with E-state index < -0.39 is 0 Å². The van der Waals surface area contributed by atoms with Gasteiger partial charge in [-0.3, -0.25) is 0 Å². The second-order valence-electron chi connectivity index (χ2n) is 10.6. The minimum Gasteiger partial charge on any atom is -0.310 e. The van der Waals surface area contributed by atoms with Crippen molar-refractivity contribution in [3.05, 3.63) is 194 Å². The van der Waals surface area contributed by atoms with Crippen LogP contribution >= 0.6 is 0 Å².